The number of rotatable bonds is 6. The Morgan fingerprint density at radius 2 is 1.95 bits per heavy atom. The molecule has 19 heavy (non-hydrogen) atoms. The molecule has 1 heterocycles. The zero-order valence-corrected chi connectivity index (χ0v) is 11.7. The number of hydrogen-bond acceptors (Lipinski definition) is 5. The fourth-order valence-electron chi connectivity index (χ4n) is 1.66. The van der Waals surface area contributed by atoms with Crippen LogP contribution < -0.4 is 4.72 Å². The summed E-state index contributed by atoms with van der Waals surface area (Å²) >= 11 is 0. The van der Waals surface area contributed by atoms with Crippen molar-refractivity contribution in [2.75, 3.05) is 6.54 Å². The molecular formula is C11H17NO6S. The van der Waals surface area contributed by atoms with Gasteiger partial charge in [-0.3, -0.25) is 0 Å². The predicted octanol–water partition coefficient (Wildman–Crippen LogP) is 0.644. The van der Waals surface area contributed by atoms with Crippen LogP contribution in [0.3, 0.4) is 0 Å². The van der Waals surface area contributed by atoms with Gasteiger partial charge in [0.1, 0.15) is 22.0 Å². The van der Waals surface area contributed by atoms with Gasteiger partial charge in [-0.25, -0.2) is 17.9 Å². The molecule has 0 saturated carbocycles. The molecular weight excluding hydrogens is 274 g/mol. The quantitative estimate of drug-likeness (QED) is 0.708. The molecule has 3 N–H and O–H groups in total. The molecule has 0 fully saturated rings. The van der Waals surface area contributed by atoms with Crippen molar-refractivity contribution in [1.29, 1.82) is 0 Å². The highest BCUT2D eigenvalue weighted by Crippen LogP contribution is 2.26. The van der Waals surface area contributed by atoms with E-state index in [-0.39, 0.29) is 28.5 Å². The van der Waals surface area contributed by atoms with E-state index in [0.717, 1.165) is 0 Å². The molecule has 0 aliphatic carbocycles. The summed E-state index contributed by atoms with van der Waals surface area (Å²) in [5, 5.41) is 18.4. The van der Waals surface area contributed by atoms with Gasteiger partial charge in [0, 0.05) is 6.54 Å². The second-order valence-corrected chi connectivity index (χ2v) is 5.84. The Morgan fingerprint density at radius 3 is 2.42 bits per heavy atom. The van der Waals surface area contributed by atoms with Crippen molar-refractivity contribution in [3.05, 3.63) is 17.1 Å². The Morgan fingerprint density at radius 1 is 1.37 bits per heavy atom. The van der Waals surface area contributed by atoms with E-state index >= 15 is 0 Å². The van der Waals surface area contributed by atoms with E-state index in [2.05, 4.69) is 4.72 Å². The molecule has 0 radical (unpaired) electrons. The van der Waals surface area contributed by atoms with E-state index in [1.165, 1.54) is 13.8 Å². The normalized spacial score (nSPS) is 13.5. The molecule has 0 aliphatic heterocycles. The van der Waals surface area contributed by atoms with Crippen molar-refractivity contribution >= 4 is 16.0 Å². The number of sulfonamides is 1. The van der Waals surface area contributed by atoms with Crippen LogP contribution in [-0.4, -0.2) is 37.2 Å². The molecule has 8 heteroatoms. The molecule has 1 atom stereocenters. The van der Waals surface area contributed by atoms with Gasteiger partial charge >= 0.3 is 5.97 Å². The minimum absolute atomic E-state index is 0.00777. The molecule has 0 spiro atoms. The largest absolute Gasteiger partial charge is 0.478 e. The molecule has 1 unspecified atom stereocenters. The van der Waals surface area contributed by atoms with Crippen LogP contribution in [0.1, 0.15) is 35.2 Å². The third kappa shape index (κ3) is 3.34. The summed E-state index contributed by atoms with van der Waals surface area (Å²) in [5.41, 5.74) is -0.379. The maximum atomic E-state index is 12.1. The van der Waals surface area contributed by atoms with E-state index < -0.39 is 22.1 Å². The highest BCUT2D eigenvalue weighted by atomic mass is 32.2. The van der Waals surface area contributed by atoms with Gasteiger partial charge in [0.15, 0.2) is 0 Å². The topological polar surface area (TPSA) is 117 Å². The lowest BCUT2D eigenvalue weighted by Crippen LogP contribution is -2.32. The molecule has 0 bridgehead atoms. The Hall–Kier alpha value is -1.38. The van der Waals surface area contributed by atoms with Crippen molar-refractivity contribution < 1.29 is 27.8 Å². The van der Waals surface area contributed by atoms with Gasteiger partial charge in [-0.15, -0.1) is 0 Å². The van der Waals surface area contributed by atoms with Crippen molar-refractivity contribution in [2.45, 2.75) is 38.2 Å². The molecule has 1 aromatic rings. The van der Waals surface area contributed by atoms with Crippen LogP contribution in [0.25, 0.3) is 0 Å². The van der Waals surface area contributed by atoms with Crippen molar-refractivity contribution in [3.63, 3.8) is 0 Å². The molecule has 1 aromatic heterocycles. The number of hydrogen-bond donors (Lipinski definition) is 3. The summed E-state index contributed by atoms with van der Waals surface area (Å²) < 4.78 is 31.4. The van der Waals surface area contributed by atoms with Crippen molar-refractivity contribution in [2.24, 2.45) is 0 Å². The van der Waals surface area contributed by atoms with Crippen LogP contribution in [0.4, 0.5) is 0 Å². The number of aryl methyl sites for hydroxylation is 2. The molecule has 0 aliphatic rings. The Labute approximate surface area is 111 Å². The van der Waals surface area contributed by atoms with Gasteiger partial charge < -0.3 is 14.6 Å². The number of furan rings is 1. The SMILES string of the molecule is CCC(O)CNS(=O)(=O)c1c(C)oc(C)c1C(=O)O. The van der Waals surface area contributed by atoms with Gasteiger partial charge in [-0.1, -0.05) is 6.92 Å². The lowest BCUT2D eigenvalue weighted by Gasteiger charge is -2.10. The molecule has 0 aromatic carbocycles. The molecule has 7 nitrogen and oxygen atoms in total. The summed E-state index contributed by atoms with van der Waals surface area (Å²) in [6, 6.07) is 0. The monoisotopic (exact) mass is 291 g/mol. The average molecular weight is 291 g/mol. The maximum Gasteiger partial charge on any atom is 0.340 e. The van der Waals surface area contributed by atoms with Crippen LogP contribution in [0, 0.1) is 13.8 Å². The second-order valence-electron chi connectivity index (χ2n) is 4.14. The Kier molecular flexibility index (Phi) is 4.72. The number of nitrogens with one attached hydrogen (secondary N) is 1. The molecule has 0 saturated heterocycles. The summed E-state index contributed by atoms with van der Waals surface area (Å²) in [6.07, 6.45) is -0.436. The Bertz CT molecular complexity index is 574. The second kappa shape index (κ2) is 5.72. The van der Waals surface area contributed by atoms with E-state index in [0.29, 0.717) is 6.42 Å². The molecule has 108 valence electrons. The zero-order valence-electron chi connectivity index (χ0n) is 10.9. The standard InChI is InChI=1S/C11H17NO6S/c1-4-8(13)5-12-19(16,17)10-7(3)18-6(2)9(10)11(14)15/h8,12-13H,4-5H2,1-3H3,(H,14,15). The minimum Gasteiger partial charge on any atom is -0.478 e. The summed E-state index contributed by atoms with van der Waals surface area (Å²) in [7, 11) is -4.04. The zero-order chi connectivity index (χ0) is 14.8. The number of aliphatic hydroxyl groups is 1. The van der Waals surface area contributed by atoms with E-state index in [1.54, 1.807) is 6.92 Å². The van der Waals surface area contributed by atoms with Gasteiger partial charge in [0.05, 0.1) is 6.10 Å². The average Bonchev–Trinajstić information content (AvgIpc) is 2.61. The first-order chi connectivity index (χ1) is 8.70. The predicted molar refractivity (Wildman–Crippen MR) is 66.6 cm³/mol. The van der Waals surface area contributed by atoms with Crippen LogP contribution >= 0.6 is 0 Å². The molecule has 0 amide bonds. The summed E-state index contributed by atoms with van der Waals surface area (Å²) in [6.45, 7) is 4.29. The number of aliphatic hydroxyl groups excluding tert-OH is 1. The summed E-state index contributed by atoms with van der Waals surface area (Å²) in [5.74, 6) is -1.33. The first kappa shape index (κ1) is 15.7. The number of carboxylic acids is 1. The van der Waals surface area contributed by atoms with Crippen LogP contribution in [0.2, 0.25) is 0 Å². The first-order valence-corrected chi connectivity index (χ1v) is 7.20. The number of aromatic carboxylic acids is 1. The number of carboxylic acid groups (broad SMARTS) is 1. The van der Waals surface area contributed by atoms with E-state index in [9.17, 15) is 18.3 Å². The highest BCUT2D eigenvalue weighted by Gasteiger charge is 2.30. The van der Waals surface area contributed by atoms with E-state index in [4.69, 9.17) is 9.52 Å². The van der Waals surface area contributed by atoms with Crippen LogP contribution in [-0.2, 0) is 10.0 Å². The van der Waals surface area contributed by atoms with E-state index in [1.807, 2.05) is 0 Å². The third-order valence-corrected chi connectivity index (χ3v) is 4.24. The Balaban J connectivity index is 3.18. The maximum absolute atomic E-state index is 12.1. The van der Waals surface area contributed by atoms with Gasteiger partial charge in [-0.05, 0) is 20.3 Å². The van der Waals surface area contributed by atoms with Crippen molar-refractivity contribution in [3.8, 4) is 0 Å². The summed E-state index contributed by atoms with van der Waals surface area (Å²) in [4.78, 5) is 10.7. The van der Waals surface area contributed by atoms with Crippen LogP contribution in [0.5, 0.6) is 0 Å². The van der Waals surface area contributed by atoms with Crippen LogP contribution in [0.15, 0.2) is 9.31 Å². The molecule has 1 rings (SSSR count). The third-order valence-electron chi connectivity index (χ3n) is 2.67. The lowest BCUT2D eigenvalue weighted by molar-refractivity contribution is 0.0691. The van der Waals surface area contributed by atoms with Crippen molar-refractivity contribution in [1.82, 2.24) is 4.72 Å². The first-order valence-electron chi connectivity index (χ1n) is 5.71. The minimum atomic E-state index is -4.04. The number of carbonyl (C=O) groups is 1. The fourth-order valence-corrected chi connectivity index (χ4v) is 3.13. The fraction of sp³-hybridized carbons (Fsp3) is 0.545. The smallest absolute Gasteiger partial charge is 0.340 e. The lowest BCUT2D eigenvalue weighted by atomic mass is 10.2. The van der Waals surface area contributed by atoms with Gasteiger partial charge in [-0.2, -0.15) is 0 Å². The van der Waals surface area contributed by atoms with Gasteiger partial charge in [0.25, 0.3) is 0 Å². The highest BCUT2D eigenvalue weighted by molar-refractivity contribution is 7.89. The van der Waals surface area contributed by atoms with Gasteiger partial charge in [0.2, 0.25) is 10.0 Å².